The summed E-state index contributed by atoms with van der Waals surface area (Å²) < 4.78 is 2.54. The summed E-state index contributed by atoms with van der Waals surface area (Å²) in [6.07, 6.45) is 0. The lowest BCUT2D eigenvalue weighted by atomic mass is 10.2. The van der Waals surface area contributed by atoms with Gasteiger partial charge in [-0.3, -0.25) is 0 Å². The number of benzene rings is 1. The zero-order valence-electron chi connectivity index (χ0n) is 8.85. The highest BCUT2D eigenvalue weighted by atomic mass is 79.9. The molecule has 2 rings (SSSR count). The third-order valence-corrected chi connectivity index (χ3v) is 3.37. The van der Waals surface area contributed by atoms with Crippen molar-refractivity contribution in [2.24, 2.45) is 0 Å². The van der Waals surface area contributed by atoms with E-state index >= 15 is 0 Å². The molecule has 0 N–H and O–H groups in total. The van der Waals surface area contributed by atoms with E-state index in [0.717, 1.165) is 16.0 Å². The van der Waals surface area contributed by atoms with Crippen molar-refractivity contribution in [2.45, 2.75) is 19.8 Å². The lowest BCUT2D eigenvalue weighted by Gasteiger charge is -2.07. The Labute approximate surface area is 107 Å². The van der Waals surface area contributed by atoms with Crippen LogP contribution in [0, 0.1) is 0 Å². The van der Waals surface area contributed by atoms with Gasteiger partial charge < -0.3 is 0 Å². The molecule has 0 radical (unpaired) electrons. The Hall–Kier alpha value is -0.940. The molecule has 0 aliphatic carbocycles. The summed E-state index contributed by atoms with van der Waals surface area (Å²) in [7, 11) is 0. The van der Waals surface area contributed by atoms with Crippen LogP contribution >= 0.6 is 27.5 Å². The van der Waals surface area contributed by atoms with Crippen LogP contribution in [0.5, 0.6) is 0 Å². The SMILES string of the molecule is CC(C)c1nnnn1-c1ccc(Cl)c(Br)c1. The van der Waals surface area contributed by atoms with Crippen LogP contribution in [0.25, 0.3) is 5.69 Å². The molecular formula is C10H10BrClN4. The summed E-state index contributed by atoms with van der Waals surface area (Å²) in [4.78, 5) is 0. The lowest BCUT2D eigenvalue weighted by molar-refractivity contribution is 0.710. The highest BCUT2D eigenvalue weighted by Gasteiger charge is 2.12. The van der Waals surface area contributed by atoms with Crippen molar-refractivity contribution in [2.75, 3.05) is 0 Å². The van der Waals surface area contributed by atoms with E-state index in [0.29, 0.717) is 5.02 Å². The van der Waals surface area contributed by atoms with Crippen LogP contribution in [-0.4, -0.2) is 20.2 Å². The molecule has 1 aromatic heterocycles. The number of hydrogen-bond donors (Lipinski definition) is 0. The largest absolute Gasteiger partial charge is 0.197 e. The van der Waals surface area contributed by atoms with Crippen molar-refractivity contribution < 1.29 is 0 Å². The summed E-state index contributed by atoms with van der Waals surface area (Å²) in [5, 5.41) is 12.3. The molecule has 84 valence electrons. The average molecular weight is 302 g/mol. The molecular weight excluding hydrogens is 291 g/mol. The van der Waals surface area contributed by atoms with Crippen molar-refractivity contribution >= 4 is 27.5 Å². The van der Waals surface area contributed by atoms with Crippen LogP contribution in [0.15, 0.2) is 22.7 Å². The van der Waals surface area contributed by atoms with Crippen molar-refractivity contribution in [1.29, 1.82) is 0 Å². The van der Waals surface area contributed by atoms with Gasteiger partial charge in [0.05, 0.1) is 10.7 Å². The van der Waals surface area contributed by atoms with Gasteiger partial charge in [0.1, 0.15) is 0 Å². The van der Waals surface area contributed by atoms with Crippen molar-refractivity contribution in [3.05, 3.63) is 33.5 Å². The van der Waals surface area contributed by atoms with Crippen LogP contribution in [0.4, 0.5) is 0 Å². The number of aromatic nitrogens is 4. The molecule has 6 heteroatoms. The summed E-state index contributed by atoms with van der Waals surface area (Å²) in [5.74, 6) is 1.10. The maximum atomic E-state index is 5.94. The third kappa shape index (κ3) is 2.10. The summed E-state index contributed by atoms with van der Waals surface area (Å²) in [5.41, 5.74) is 0.893. The molecule has 0 aliphatic rings. The Balaban J connectivity index is 2.50. The minimum Gasteiger partial charge on any atom is -0.197 e. The zero-order valence-corrected chi connectivity index (χ0v) is 11.2. The Kier molecular flexibility index (Phi) is 3.25. The Morgan fingerprint density at radius 2 is 2.12 bits per heavy atom. The molecule has 0 unspecified atom stereocenters. The normalized spacial score (nSPS) is 11.1. The van der Waals surface area contributed by atoms with E-state index in [-0.39, 0.29) is 5.92 Å². The van der Waals surface area contributed by atoms with Gasteiger partial charge >= 0.3 is 0 Å². The number of tetrazole rings is 1. The maximum absolute atomic E-state index is 5.94. The molecule has 1 aromatic carbocycles. The fraction of sp³-hybridized carbons (Fsp3) is 0.300. The van der Waals surface area contributed by atoms with Gasteiger partial charge in [0, 0.05) is 10.4 Å². The van der Waals surface area contributed by atoms with Crippen LogP contribution < -0.4 is 0 Å². The maximum Gasteiger partial charge on any atom is 0.159 e. The number of rotatable bonds is 2. The van der Waals surface area contributed by atoms with Crippen molar-refractivity contribution in [1.82, 2.24) is 20.2 Å². The molecule has 0 fully saturated rings. The fourth-order valence-corrected chi connectivity index (χ4v) is 1.84. The smallest absolute Gasteiger partial charge is 0.159 e. The number of nitrogens with zero attached hydrogens (tertiary/aromatic N) is 4. The standard InChI is InChI=1S/C10H10BrClN4/c1-6(2)10-13-14-15-16(10)7-3-4-9(12)8(11)5-7/h3-6H,1-2H3. The second kappa shape index (κ2) is 4.51. The minimum absolute atomic E-state index is 0.268. The van der Waals surface area contributed by atoms with Crippen molar-refractivity contribution in [3.8, 4) is 5.69 Å². The lowest BCUT2D eigenvalue weighted by Crippen LogP contribution is -2.04. The molecule has 0 bridgehead atoms. The van der Waals surface area contributed by atoms with E-state index in [1.54, 1.807) is 4.68 Å². The molecule has 0 aliphatic heterocycles. The fourth-order valence-electron chi connectivity index (χ4n) is 1.35. The Bertz CT molecular complexity index is 509. The van der Waals surface area contributed by atoms with E-state index in [4.69, 9.17) is 11.6 Å². The van der Waals surface area contributed by atoms with E-state index in [2.05, 4.69) is 31.5 Å². The predicted molar refractivity (Wildman–Crippen MR) is 66.0 cm³/mol. The van der Waals surface area contributed by atoms with Gasteiger partial charge in [-0.2, -0.15) is 4.68 Å². The van der Waals surface area contributed by atoms with Crippen LogP contribution in [0.1, 0.15) is 25.6 Å². The monoisotopic (exact) mass is 300 g/mol. The first kappa shape index (κ1) is 11.5. The zero-order chi connectivity index (χ0) is 11.7. The molecule has 4 nitrogen and oxygen atoms in total. The first-order valence-corrected chi connectivity index (χ1v) is 6.00. The van der Waals surface area contributed by atoms with E-state index in [9.17, 15) is 0 Å². The Morgan fingerprint density at radius 3 is 2.75 bits per heavy atom. The molecule has 16 heavy (non-hydrogen) atoms. The summed E-state index contributed by atoms with van der Waals surface area (Å²) in [6, 6.07) is 5.59. The molecule has 0 spiro atoms. The highest BCUT2D eigenvalue weighted by molar-refractivity contribution is 9.10. The van der Waals surface area contributed by atoms with Gasteiger partial charge in [0.25, 0.3) is 0 Å². The van der Waals surface area contributed by atoms with Gasteiger partial charge in [-0.25, -0.2) is 0 Å². The average Bonchev–Trinajstić information content (AvgIpc) is 2.71. The third-order valence-electron chi connectivity index (χ3n) is 2.16. The number of halogens is 2. The molecule has 0 saturated carbocycles. The first-order valence-electron chi connectivity index (χ1n) is 4.83. The second-order valence-corrected chi connectivity index (χ2v) is 4.96. The molecule has 0 amide bonds. The van der Waals surface area contributed by atoms with E-state index in [1.165, 1.54) is 0 Å². The first-order chi connectivity index (χ1) is 7.59. The van der Waals surface area contributed by atoms with Crippen molar-refractivity contribution in [3.63, 3.8) is 0 Å². The van der Waals surface area contributed by atoms with Crippen LogP contribution in [0.2, 0.25) is 5.02 Å². The summed E-state index contributed by atoms with van der Waals surface area (Å²) in [6.45, 7) is 4.10. The van der Waals surface area contributed by atoms with Gasteiger partial charge in [-0.15, -0.1) is 5.10 Å². The van der Waals surface area contributed by atoms with Crippen LogP contribution in [-0.2, 0) is 0 Å². The summed E-state index contributed by atoms with van der Waals surface area (Å²) >= 11 is 9.32. The van der Waals surface area contributed by atoms with E-state index in [1.807, 2.05) is 32.0 Å². The molecule has 0 saturated heterocycles. The molecule has 2 aromatic rings. The minimum atomic E-state index is 0.268. The van der Waals surface area contributed by atoms with Gasteiger partial charge in [-0.1, -0.05) is 25.4 Å². The van der Waals surface area contributed by atoms with Gasteiger partial charge in [0.15, 0.2) is 5.82 Å². The Morgan fingerprint density at radius 1 is 1.38 bits per heavy atom. The van der Waals surface area contributed by atoms with E-state index < -0.39 is 0 Å². The molecule has 1 heterocycles. The van der Waals surface area contributed by atoms with Gasteiger partial charge in [0.2, 0.25) is 0 Å². The van der Waals surface area contributed by atoms with Gasteiger partial charge in [-0.05, 0) is 44.6 Å². The second-order valence-electron chi connectivity index (χ2n) is 3.70. The molecule has 0 atom stereocenters. The van der Waals surface area contributed by atoms with Crippen LogP contribution in [0.3, 0.4) is 0 Å². The predicted octanol–water partition coefficient (Wildman–Crippen LogP) is 3.20. The highest BCUT2D eigenvalue weighted by Crippen LogP contribution is 2.25. The quantitative estimate of drug-likeness (QED) is 0.855. The topological polar surface area (TPSA) is 43.6 Å². The number of hydrogen-bond acceptors (Lipinski definition) is 3.